The van der Waals surface area contributed by atoms with Crippen molar-refractivity contribution in [2.45, 2.75) is 20.3 Å². The number of aromatic nitrogens is 1. The topological polar surface area (TPSA) is 22.0 Å². The summed E-state index contributed by atoms with van der Waals surface area (Å²) in [7, 11) is 0. The standard InChI is InChI=1S/C13H15NO/c1-10(2)7-12-8-11-5-3-4-6-13(11)14(12)9-15/h3-6,8-10H,7H2,1-2H3. The molecule has 0 spiro atoms. The van der Waals surface area contributed by atoms with Crippen molar-refractivity contribution < 1.29 is 4.79 Å². The van der Waals surface area contributed by atoms with Gasteiger partial charge in [-0.25, -0.2) is 0 Å². The summed E-state index contributed by atoms with van der Waals surface area (Å²) in [6.45, 7) is 4.32. The molecule has 2 aromatic rings. The normalized spacial score (nSPS) is 11.1. The van der Waals surface area contributed by atoms with Crippen LogP contribution >= 0.6 is 0 Å². The molecule has 0 aliphatic carbocycles. The Kier molecular flexibility index (Phi) is 2.58. The molecular formula is C13H15NO. The van der Waals surface area contributed by atoms with Gasteiger partial charge in [-0.05, 0) is 24.5 Å². The van der Waals surface area contributed by atoms with E-state index in [1.807, 2.05) is 24.3 Å². The molecule has 0 bridgehead atoms. The summed E-state index contributed by atoms with van der Waals surface area (Å²) in [6, 6.07) is 10.1. The van der Waals surface area contributed by atoms with Gasteiger partial charge in [-0.2, -0.15) is 0 Å². The molecule has 2 nitrogen and oxygen atoms in total. The first-order valence-electron chi connectivity index (χ1n) is 5.26. The molecule has 0 amide bonds. The summed E-state index contributed by atoms with van der Waals surface area (Å²) in [4.78, 5) is 11.0. The SMILES string of the molecule is CC(C)Cc1cc2ccccc2n1C=O. The van der Waals surface area contributed by atoms with Crippen LogP contribution in [0.25, 0.3) is 10.9 Å². The van der Waals surface area contributed by atoms with E-state index in [1.54, 1.807) is 4.57 Å². The fraction of sp³-hybridized carbons (Fsp3) is 0.308. The Morgan fingerprint density at radius 3 is 2.73 bits per heavy atom. The third kappa shape index (κ3) is 1.80. The minimum absolute atomic E-state index is 0.563. The van der Waals surface area contributed by atoms with Gasteiger partial charge in [0.1, 0.15) is 0 Å². The minimum Gasteiger partial charge on any atom is -0.287 e. The van der Waals surface area contributed by atoms with Crippen LogP contribution in [0.15, 0.2) is 30.3 Å². The molecule has 0 atom stereocenters. The number of hydrogen-bond acceptors (Lipinski definition) is 1. The lowest BCUT2D eigenvalue weighted by Crippen LogP contribution is -2.04. The Morgan fingerprint density at radius 1 is 1.33 bits per heavy atom. The Hall–Kier alpha value is -1.57. The van der Waals surface area contributed by atoms with Crippen LogP contribution in [0.3, 0.4) is 0 Å². The second kappa shape index (κ2) is 3.89. The smallest absolute Gasteiger partial charge is 0.218 e. The molecule has 0 aliphatic rings. The summed E-state index contributed by atoms with van der Waals surface area (Å²) in [6.07, 6.45) is 1.84. The van der Waals surface area contributed by atoms with Gasteiger partial charge in [-0.15, -0.1) is 0 Å². The molecule has 2 rings (SSSR count). The first kappa shape index (κ1) is 9.97. The number of carbonyl (C=O) groups is 1. The Morgan fingerprint density at radius 2 is 2.07 bits per heavy atom. The molecule has 0 unspecified atom stereocenters. The molecule has 0 saturated carbocycles. The van der Waals surface area contributed by atoms with E-state index in [4.69, 9.17) is 0 Å². The van der Waals surface area contributed by atoms with Gasteiger partial charge in [0.05, 0.1) is 5.52 Å². The summed E-state index contributed by atoms with van der Waals surface area (Å²) < 4.78 is 1.75. The van der Waals surface area contributed by atoms with Crippen LogP contribution in [0.4, 0.5) is 0 Å². The zero-order chi connectivity index (χ0) is 10.8. The number of carbonyl (C=O) groups excluding carboxylic acids is 1. The zero-order valence-electron chi connectivity index (χ0n) is 9.10. The third-order valence-corrected chi connectivity index (χ3v) is 2.55. The largest absolute Gasteiger partial charge is 0.287 e. The van der Waals surface area contributed by atoms with E-state index < -0.39 is 0 Å². The second-order valence-electron chi connectivity index (χ2n) is 4.27. The first-order chi connectivity index (χ1) is 7.22. The van der Waals surface area contributed by atoms with Crippen molar-refractivity contribution in [2.24, 2.45) is 5.92 Å². The highest BCUT2D eigenvalue weighted by molar-refractivity contribution is 5.86. The molecule has 78 valence electrons. The predicted molar refractivity (Wildman–Crippen MR) is 62.6 cm³/mol. The predicted octanol–water partition coefficient (Wildman–Crippen LogP) is 2.88. The van der Waals surface area contributed by atoms with Crippen molar-refractivity contribution in [2.75, 3.05) is 0 Å². The summed E-state index contributed by atoms with van der Waals surface area (Å²) in [5.74, 6) is 0.563. The van der Waals surface area contributed by atoms with E-state index in [1.165, 1.54) is 0 Å². The molecule has 2 heteroatoms. The first-order valence-corrected chi connectivity index (χ1v) is 5.26. The maximum atomic E-state index is 11.0. The van der Waals surface area contributed by atoms with Gasteiger partial charge in [0, 0.05) is 11.1 Å². The maximum Gasteiger partial charge on any atom is 0.218 e. The molecule has 0 N–H and O–H groups in total. The van der Waals surface area contributed by atoms with Crippen LogP contribution in [0, 0.1) is 5.92 Å². The number of para-hydroxylation sites is 1. The van der Waals surface area contributed by atoms with Crippen molar-refractivity contribution in [3.05, 3.63) is 36.0 Å². The highest BCUT2D eigenvalue weighted by Gasteiger charge is 2.08. The van der Waals surface area contributed by atoms with Crippen LogP contribution < -0.4 is 0 Å². The molecule has 0 radical (unpaired) electrons. The van der Waals surface area contributed by atoms with Gasteiger partial charge in [-0.1, -0.05) is 32.0 Å². The van der Waals surface area contributed by atoms with Crippen molar-refractivity contribution in [3.63, 3.8) is 0 Å². The van der Waals surface area contributed by atoms with Gasteiger partial charge >= 0.3 is 0 Å². The maximum absolute atomic E-state index is 11.0. The van der Waals surface area contributed by atoms with Gasteiger partial charge in [0.25, 0.3) is 0 Å². The molecule has 0 aliphatic heterocycles. The van der Waals surface area contributed by atoms with Crippen molar-refractivity contribution in [1.82, 2.24) is 4.57 Å². The lowest BCUT2D eigenvalue weighted by molar-refractivity contribution is 0.543. The van der Waals surface area contributed by atoms with Crippen LogP contribution in [0.1, 0.15) is 19.5 Å². The summed E-state index contributed by atoms with van der Waals surface area (Å²) >= 11 is 0. The second-order valence-corrected chi connectivity index (χ2v) is 4.27. The summed E-state index contributed by atoms with van der Waals surface area (Å²) in [5.41, 5.74) is 2.10. The number of benzene rings is 1. The molecule has 0 saturated heterocycles. The number of hydrogen-bond donors (Lipinski definition) is 0. The Labute approximate surface area is 89.5 Å². The van der Waals surface area contributed by atoms with Crippen LogP contribution in [0.5, 0.6) is 0 Å². The van der Waals surface area contributed by atoms with Gasteiger partial charge in [-0.3, -0.25) is 9.36 Å². The molecular weight excluding hydrogens is 186 g/mol. The zero-order valence-corrected chi connectivity index (χ0v) is 9.10. The van der Waals surface area contributed by atoms with E-state index in [0.717, 1.165) is 29.4 Å². The monoisotopic (exact) mass is 201 g/mol. The van der Waals surface area contributed by atoms with Crippen molar-refractivity contribution >= 4 is 17.3 Å². The highest BCUT2D eigenvalue weighted by Crippen LogP contribution is 2.20. The van der Waals surface area contributed by atoms with Crippen LogP contribution in [0.2, 0.25) is 0 Å². The van der Waals surface area contributed by atoms with Gasteiger partial charge < -0.3 is 0 Å². The van der Waals surface area contributed by atoms with Crippen molar-refractivity contribution in [3.8, 4) is 0 Å². The lowest BCUT2D eigenvalue weighted by atomic mass is 10.1. The lowest BCUT2D eigenvalue weighted by Gasteiger charge is -2.05. The van der Waals surface area contributed by atoms with Crippen LogP contribution in [-0.2, 0) is 11.2 Å². The molecule has 1 aromatic carbocycles. The number of rotatable bonds is 3. The van der Waals surface area contributed by atoms with E-state index in [-0.39, 0.29) is 0 Å². The number of nitrogens with zero attached hydrogens (tertiary/aromatic N) is 1. The average molecular weight is 201 g/mol. The Balaban J connectivity index is 2.58. The Bertz CT molecular complexity index is 482. The molecule has 0 fully saturated rings. The fourth-order valence-corrected chi connectivity index (χ4v) is 1.93. The molecule has 1 aromatic heterocycles. The van der Waals surface area contributed by atoms with E-state index in [9.17, 15) is 4.79 Å². The molecule has 15 heavy (non-hydrogen) atoms. The van der Waals surface area contributed by atoms with E-state index in [2.05, 4.69) is 19.9 Å². The quantitative estimate of drug-likeness (QED) is 0.700. The summed E-state index contributed by atoms with van der Waals surface area (Å²) in [5, 5.41) is 1.14. The average Bonchev–Trinajstić information content (AvgIpc) is 2.53. The van der Waals surface area contributed by atoms with E-state index in [0.29, 0.717) is 5.92 Å². The minimum atomic E-state index is 0.563. The fourth-order valence-electron chi connectivity index (χ4n) is 1.93. The molecule has 1 heterocycles. The van der Waals surface area contributed by atoms with E-state index >= 15 is 0 Å². The highest BCUT2D eigenvalue weighted by atomic mass is 16.1. The number of fused-ring (bicyclic) bond motifs is 1. The van der Waals surface area contributed by atoms with Gasteiger partial charge in [0.15, 0.2) is 0 Å². The van der Waals surface area contributed by atoms with Gasteiger partial charge in [0.2, 0.25) is 6.41 Å². The van der Waals surface area contributed by atoms with Crippen LogP contribution in [-0.4, -0.2) is 11.0 Å². The third-order valence-electron chi connectivity index (χ3n) is 2.55. The van der Waals surface area contributed by atoms with Crippen molar-refractivity contribution in [1.29, 1.82) is 0 Å².